The second-order valence-corrected chi connectivity index (χ2v) is 13.6. The molecule has 0 spiro atoms. The van der Waals surface area contributed by atoms with E-state index in [1.807, 2.05) is 121 Å². The Balaban J connectivity index is 1.36. The summed E-state index contributed by atoms with van der Waals surface area (Å²) in [6.45, 7) is 0. The van der Waals surface area contributed by atoms with Crippen LogP contribution in [0.1, 0.15) is 16.4 Å². The summed E-state index contributed by atoms with van der Waals surface area (Å²) in [5, 5.41) is 0.806. The van der Waals surface area contributed by atoms with Crippen LogP contribution >= 0.6 is 0 Å². The fourth-order valence-corrected chi connectivity index (χ4v) is 7.83. The van der Waals surface area contributed by atoms with Gasteiger partial charge in [-0.1, -0.05) is 145 Å². The molecular weight excluding hydrogens is 693 g/mol. The first-order chi connectivity index (χ1) is 33.3. The van der Waals surface area contributed by atoms with Crippen LogP contribution in [0.4, 0.5) is 17.1 Å². The maximum atomic E-state index is 9.98. The maximum absolute atomic E-state index is 9.98. The molecule has 0 unspecified atom stereocenters. The minimum Gasteiger partial charge on any atom is -0.456 e. The molecule has 268 valence electrons. The van der Waals surface area contributed by atoms with Crippen LogP contribution < -0.4 is 4.90 Å². The number of hydrogen-bond donors (Lipinski definition) is 0. The molecule has 0 saturated heterocycles. The van der Waals surface area contributed by atoms with Crippen molar-refractivity contribution in [2.24, 2.45) is 0 Å². The molecule has 0 bridgehead atoms. The predicted molar refractivity (Wildman–Crippen MR) is 239 cm³/mol. The summed E-state index contributed by atoms with van der Waals surface area (Å²) in [5.41, 5.74) is 6.40. The largest absolute Gasteiger partial charge is 0.456 e. The zero-order chi connectivity index (χ0) is 48.2. The summed E-state index contributed by atoms with van der Waals surface area (Å²) < 4.78 is 117. The van der Waals surface area contributed by atoms with Gasteiger partial charge in [-0.3, -0.25) is 0 Å². The van der Waals surface area contributed by atoms with Crippen molar-refractivity contribution in [3.05, 3.63) is 218 Å². The van der Waals surface area contributed by atoms with Crippen molar-refractivity contribution in [3.63, 3.8) is 0 Å². The van der Waals surface area contributed by atoms with Gasteiger partial charge >= 0.3 is 0 Å². The highest BCUT2D eigenvalue weighted by atomic mass is 16.3. The molecule has 57 heavy (non-hydrogen) atoms. The molecule has 3 nitrogen and oxygen atoms in total. The van der Waals surface area contributed by atoms with Gasteiger partial charge in [-0.2, -0.15) is 0 Å². The highest BCUT2D eigenvalue weighted by molar-refractivity contribution is 6.21. The van der Waals surface area contributed by atoms with E-state index in [-0.39, 0.29) is 33.3 Å². The van der Waals surface area contributed by atoms with Gasteiger partial charge in [0.2, 0.25) is 0 Å². The molecule has 0 N–H and O–H groups in total. The van der Waals surface area contributed by atoms with Crippen LogP contribution in [0.15, 0.2) is 223 Å². The molecule has 3 heteroatoms. The molecule has 0 saturated carbocycles. The van der Waals surface area contributed by atoms with E-state index < -0.39 is 78.2 Å². The standard InChI is InChI=1S/C54H36N2O/c1-5-17-37(18-6-1)40-23-15-26-43(33-40)56-50-29-16-28-49(53(50)48-35-41(38-19-7-2-8-20-38)34-46(54(48)56)39-21-9-3-10-22-39)55(42-24-11-4-12-25-42)44-31-32-52-47(36-44)45-27-13-14-30-51(45)57-52/h1-36H/i4D,11D,12D,13D,14D,24D,25D,27D,30D,31D,32D,36D. The molecule has 0 amide bonds. The molecule has 0 radical (unpaired) electrons. The molecule has 2 heterocycles. The Kier molecular flexibility index (Phi) is 5.41. The molecule has 11 rings (SSSR count). The van der Waals surface area contributed by atoms with Crippen molar-refractivity contribution < 1.29 is 20.9 Å². The van der Waals surface area contributed by atoms with E-state index in [0.717, 1.165) is 44.6 Å². The monoisotopic (exact) mass is 740 g/mol. The quantitative estimate of drug-likeness (QED) is 0.162. The summed E-state index contributed by atoms with van der Waals surface area (Å²) in [6.07, 6.45) is 0. The van der Waals surface area contributed by atoms with Crippen LogP contribution in [0, 0.1) is 0 Å². The Bertz CT molecular complexity index is 3900. The number of nitrogens with zero attached hydrogens (tertiary/aromatic N) is 2. The lowest BCUT2D eigenvalue weighted by molar-refractivity contribution is 0.669. The normalized spacial score (nSPS) is 14.5. The summed E-state index contributed by atoms with van der Waals surface area (Å²) in [6, 6.07) is 40.2. The Morgan fingerprint density at radius 2 is 1.11 bits per heavy atom. The van der Waals surface area contributed by atoms with Crippen LogP contribution in [0.2, 0.25) is 0 Å². The molecule has 0 aliphatic carbocycles. The van der Waals surface area contributed by atoms with Gasteiger partial charge in [-0.15, -0.1) is 0 Å². The van der Waals surface area contributed by atoms with E-state index in [4.69, 9.17) is 14.0 Å². The predicted octanol–water partition coefficient (Wildman–Crippen LogP) is 15.2. The van der Waals surface area contributed by atoms with Crippen molar-refractivity contribution in [2.75, 3.05) is 4.90 Å². The number of para-hydroxylation sites is 2. The van der Waals surface area contributed by atoms with E-state index in [9.17, 15) is 6.85 Å². The average Bonchev–Trinajstić information content (AvgIpc) is 3.96. The Hall–Kier alpha value is -7.62. The zero-order valence-corrected chi connectivity index (χ0v) is 30.2. The second kappa shape index (κ2) is 13.6. The smallest absolute Gasteiger partial charge is 0.135 e. The lowest BCUT2D eigenvalue weighted by atomic mass is 9.95. The topological polar surface area (TPSA) is 21.3 Å². The lowest BCUT2D eigenvalue weighted by Gasteiger charge is -2.26. The number of rotatable bonds is 7. The minimum absolute atomic E-state index is 0.190. The first kappa shape index (κ1) is 22.7. The maximum Gasteiger partial charge on any atom is 0.135 e. The Morgan fingerprint density at radius 3 is 1.88 bits per heavy atom. The average molecular weight is 741 g/mol. The fraction of sp³-hybridized carbons (Fsp3) is 0. The fourth-order valence-electron chi connectivity index (χ4n) is 7.83. The van der Waals surface area contributed by atoms with Crippen molar-refractivity contribution in [3.8, 4) is 39.1 Å². The van der Waals surface area contributed by atoms with Crippen LogP contribution in [-0.4, -0.2) is 4.57 Å². The number of hydrogen-bond acceptors (Lipinski definition) is 2. The third-order valence-electron chi connectivity index (χ3n) is 10.3. The molecule has 0 atom stereocenters. The van der Waals surface area contributed by atoms with E-state index in [1.165, 1.54) is 4.90 Å². The first-order valence-corrected chi connectivity index (χ1v) is 18.5. The molecule has 11 aromatic rings. The summed E-state index contributed by atoms with van der Waals surface area (Å²) in [7, 11) is 0. The van der Waals surface area contributed by atoms with Gasteiger partial charge in [0.05, 0.1) is 33.2 Å². The Labute approximate surface area is 347 Å². The highest BCUT2D eigenvalue weighted by Crippen LogP contribution is 2.48. The molecule has 0 aliphatic rings. The second-order valence-electron chi connectivity index (χ2n) is 13.6. The first-order valence-electron chi connectivity index (χ1n) is 24.5. The van der Waals surface area contributed by atoms with Crippen molar-refractivity contribution >= 4 is 60.8 Å². The van der Waals surface area contributed by atoms with Crippen molar-refractivity contribution in [1.29, 1.82) is 0 Å². The van der Waals surface area contributed by atoms with Gasteiger partial charge in [0, 0.05) is 44.2 Å². The summed E-state index contributed by atoms with van der Waals surface area (Å²) in [4.78, 5) is 1.27. The summed E-state index contributed by atoms with van der Waals surface area (Å²) >= 11 is 0. The third-order valence-corrected chi connectivity index (χ3v) is 10.3. The molecule has 0 aliphatic heterocycles. The number of aromatic nitrogens is 1. The van der Waals surface area contributed by atoms with Crippen molar-refractivity contribution in [1.82, 2.24) is 4.57 Å². The number of anilines is 3. The lowest BCUT2D eigenvalue weighted by Crippen LogP contribution is -2.10. The Morgan fingerprint density at radius 1 is 0.456 bits per heavy atom. The van der Waals surface area contributed by atoms with Gasteiger partial charge in [0.1, 0.15) is 11.2 Å². The summed E-state index contributed by atoms with van der Waals surface area (Å²) in [5.74, 6) is 0. The van der Waals surface area contributed by atoms with Crippen LogP contribution in [0.5, 0.6) is 0 Å². The van der Waals surface area contributed by atoms with E-state index in [0.29, 0.717) is 16.3 Å². The van der Waals surface area contributed by atoms with Crippen LogP contribution in [0.25, 0.3) is 82.8 Å². The minimum atomic E-state index is -0.672. The van der Waals surface area contributed by atoms with Crippen molar-refractivity contribution in [2.45, 2.75) is 0 Å². The number of fused-ring (bicyclic) bond motifs is 6. The molecule has 2 aromatic heterocycles. The van der Waals surface area contributed by atoms with E-state index >= 15 is 0 Å². The van der Waals surface area contributed by atoms with Gasteiger partial charge in [-0.05, 0) is 100 Å². The SMILES string of the molecule is [2H]c1c([2H])c([2H])c(N(c2c([2H])c([2H])c3oc4c([2H])c([2H])c([2H])c([2H])c4c3c2[2H])c2cccc3c2c2cc(-c4ccccc4)cc(-c4ccccc4)c2n3-c2cccc(-c3ccccc3)c2)c([2H])c1[2H]. The van der Waals surface area contributed by atoms with Crippen LogP contribution in [0.3, 0.4) is 0 Å². The van der Waals surface area contributed by atoms with Gasteiger partial charge < -0.3 is 13.9 Å². The molecule has 0 fully saturated rings. The van der Waals surface area contributed by atoms with Crippen LogP contribution in [-0.2, 0) is 0 Å². The molecular formula is C54H36N2O. The highest BCUT2D eigenvalue weighted by Gasteiger charge is 2.24. The van der Waals surface area contributed by atoms with Gasteiger partial charge in [0.15, 0.2) is 0 Å². The third kappa shape index (κ3) is 5.60. The van der Waals surface area contributed by atoms with Gasteiger partial charge in [0.25, 0.3) is 0 Å². The number of furan rings is 1. The number of benzene rings is 9. The van der Waals surface area contributed by atoms with Gasteiger partial charge in [-0.25, -0.2) is 0 Å². The van der Waals surface area contributed by atoms with E-state index in [2.05, 4.69) is 16.7 Å². The zero-order valence-electron chi connectivity index (χ0n) is 42.2. The van der Waals surface area contributed by atoms with E-state index in [1.54, 1.807) is 12.1 Å². The molecule has 9 aromatic carbocycles.